The molecule has 3 aliphatic rings. The SMILES string of the molecule is CCNC(=NCc1cccc(S(N)(=O)=O)c1)NCCN1C(=O)C2C3C=CC(C3)C2C1=O.I. The maximum atomic E-state index is 12.8. The lowest BCUT2D eigenvalue weighted by molar-refractivity contribution is -0.140. The van der Waals surface area contributed by atoms with Crippen molar-refractivity contribution in [2.24, 2.45) is 33.8 Å². The van der Waals surface area contributed by atoms with Crippen LogP contribution in [0.1, 0.15) is 18.9 Å². The van der Waals surface area contributed by atoms with Gasteiger partial charge in [-0.3, -0.25) is 14.5 Å². The molecular weight excluding hydrogens is 545 g/mol. The number of amides is 2. The van der Waals surface area contributed by atoms with Crippen LogP contribution >= 0.6 is 24.0 Å². The number of rotatable bonds is 7. The second kappa shape index (κ2) is 9.87. The number of sulfonamides is 1. The molecule has 4 rings (SSSR count). The number of hydrogen-bond acceptors (Lipinski definition) is 5. The Balaban J connectivity index is 0.00000289. The number of benzene rings is 1. The Kier molecular flexibility index (Phi) is 7.61. The predicted octanol–water partition coefficient (Wildman–Crippen LogP) is 0.814. The summed E-state index contributed by atoms with van der Waals surface area (Å²) in [5, 5.41) is 11.4. The third-order valence-corrected chi connectivity index (χ3v) is 7.09. The molecule has 4 unspecified atom stereocenters. The fourth-order valence-electron chi connectivity index (χ4n) is 4.80. The Morgan fingerprint density at radius 3 is 2.41 bits per heavy atom. The number of fused-ring (bicyclic) bond motifs is 5. The number of nitrogens with one attached hydrogen (secondary N) is 2. The zero-order valence-corrected chi connectivity index (χ0v) is 20.9. The quantitative estimate of drug-likeness (QED) is 0.145. The van der Waals surface area contributed by atoms with Crippen LogP contribution in [0.5, 0.6) is 0 Å². The Hall–Kier alpha value is -1.99. The molecule has 0 spiro atoms. The van der Waals surface area contributed by atoms with Crippen LogP contribution in [-0.4, -0.2) is 50.7 Å². The van der Waals surface area contributed by atoms with Crippen LogP contribution in [0.4, 0.5) is 0 Å². The third-order valence-electron chi connectivity index (χ3n) is 6.18. The predicted molar refractivity (Wildman–Crippen MR) is 130 cm³/mol. The van der Waals surface area contributed by atoms with Gasteiger partial charge >= 0.3 is 0 Å². The second-order valence-electron chi connectivity index (χ2n) is 8.14. The van der Waals surface area contributed by atoms with Gasteiger partial charge in [0.2, 0.25) is 21.8 Å². The summed E-state index contributed by atoms with van der Waals surface area (Å²) in [6.07, 6.45) is 5.09. The summed E-state index contributed by atoms with van der Waals surface area (Å²) < 4.78 is 23.0. The summed E-state index contributed by atoms with van der Waals surface area (Å²) >= 11 is 0. The van der Waals surface area contributed by atoms with Crippen molar-refractivity contribution in [1.82, 2.24) is 15.5 Å². The van der Waals surface area contributed by atoms with E-state index in [2.05, 4.69) is 27.8 Å². The molecule has 1 saturated carbocycles. The van der Waals surface area contributed by atoms with Crippen LogP contribution in [-0.2, 0) is 26.2 Å². The van der Waals surface area contributed by atoms with E-state index in [4.69, 9.17) is 5.14 Å². The van der Waals surface area contributed by atoms with Crippen molar-refractivity contribution in [3.8, 4) is 0 Å². The number of nitrogens with zero attached hydrogens (tertiary/aromatic N) is 2. The number of halogens is 1. The molecule has 0 radical (unpaired) electrons. The maximum absolute atomic E-state index is 12.8. The highest BCUT2D eigenvalue weighted by atomic mass is 127. The Morgan fingerprint density at radius 1 is 1.16 bits per heavy atom. The van der Waals surface area contributed by atoms with Crippen molar-refractivity contribution in [2.75, 3.05) is 19.6 Å². The van der Waals surface area contributed by atoms with E-state index in [1.165, 1.54) is 17.0 Å². The molecule has 4 atom stereocenters. The van der Waals surface area contributed by atoms with Crippen molar-refractivity contribution in [3.63, 3.8) is 0 Å². The summed E-state index contributed by atoms with van der Waals surface area (Å²) in [5.41, 5.74) is 0.699. The summed E-state index contributed by atoms with van der Waals surface area (Å²) in [6.45, 7) is 3.47. The lowest BCUT2D eigenvalue weighted by Gasteiger charge is -2.18. The number of carbonyl (C=O) groups is 2. The summed E-state index contributed by atoms with van der Waals surface area (Å²) in [7, 11) is -3.77. The lowest BCUT2D eigenvalue weighted by Crippen LogP contribution is -2.43. The van der Waals surface area contributed by atoms with Crippen molar-refractivity contribution in [3.05, 3.63) is 42.0 Å². The van der Waals surface area contributed by atoms with Gasteiger partial charge in [0.15, 0.2) is 5.96 Å². The van der Waals surface area contributed by atoms with Gasteiger partial charge in [-0.25, -0.2) is 18.5 Å². The highest BCUT2D eigenvalue weighted by Crippen LogP contribution is 2.52. The van der Waals surface area contributed by atoms with Gasteiger partial charge in [0.25, 0.3) is 0 Å². The van der Waals surface area contributed by atoms with E-state index in [0.717, 1.165) is 6.42 Å². The average molecular weight is 573 g/mol. The minimum Gasteiger partial charge on any atom is -0.357 e. The number of nitrogens with two attached hydrogens (primary N) is 1. The fraction of sp³-hybridized carbons (Fsp3) is 0.476. The molecule has 0 aromatic heterocycles. The number of aliphatic imine (C=N–C) groups is 1. The fourth-order valence-corrected chi connectivity index (χ4v) is 5.39. The van der Waals surface area contributed by atoms with Crippen LogP contribution in [0.3, 0.4) is 0 Å². The molecule has 1 aromatic carbocycles. The molecule has 1 heterocycles. The number of carbonyl (C=O) groups excluding carboxylic acids is 2. The van der Waals surface area contributed by atoms with E-state index in [-0.39, 0.29) is 77.4 Å². The largest absolute Gasteiger partial charge is 0.357 e. The monoisotopic (exact) mass is 573 g/mol. The number of likely N-dealkylation sites (tertiary alicyclic amines) is 1. The first kappa shape index (κ1) is 24.6. The van der Waals surface area contributed by atoms with Crippen LogP contribution in [0.15, 0.2) is 46.3 Å². The number of guanidine groups is 1. The maximum Gasteiger partial charge on any atom is 0.238 e. The second-order valence-corrected chi connectivity index (χ2v) is 9.70. The van der Waals surface area contributed by atoms with Gasteiger partial charge < -0.3 is 10.6 Å². The third kappa shape index (κ3) is 4.84. The molecule has 4 N–H and O–H groups in total. The van der Waals surface area contributed by atoms with Crippen LogP contribution < -0.4 is 15.8 Å². The van der Waals surface area contributed by atoms with Crippen molar-refractivity contribution < 1.29 is 18.0 Å². The number of primary sulfonamides is 1. The van der Waals surface area contributed by atoms with Crippen molar-refractivity contribution in [2.45, 2.75) is 24.8 Å². The molecule has 32 heavy (non-hydrogen) atoms. The van der Waals surface area contributed by atoms with Crippen molar-refractivity contribution in [1.29, 1.82) is 0 Å². The molecule has 2 aliphatic carbocycles. The molecule has 1 aromatic rings. The minimum absolute atomic E-state index is 0. The summed E-state index contributed by atoms with van der Waals surface area (Å²) in [5.74, 6) is 0.439. The summed E-state index contributed by atoms with van der Waals surface area (Å²) in [6, 6.07) is 6.32. The van der Waals surface area contributed by atoms with E-state index >= 15 is 0 Å². The van der Waals surface area contributed by atoms with Gasteiger partial charge in [-0.1, -0.05) is 24.3 Å². The zero-order chi connectivity index (χ0) is 22.2. The van der Waals surface area contributed by atoms with E-state index in [9.17, 15) is 18.0 Å². The van der Waals surface area contributed by atoms with Crippen LogP contribution in [0, 0.1) is 23.7 Å². The van der Waals surface area contributed by atoms with Gasteiger partial charge in [0.1, 0.15) is 0 Å². The van der Waals surface area contributed by atoms with E-state index in [1.54, 1.807) is 12.1 Å². The summed E-state index contributed by atoms with van der Waals surface area (Å²) in [4.78, 5) is 31.4. The van der Waals surface area contributed by atoms with E-state index in [0.29, 0.717) is 24.6 Å². The van der Waals surface area contributed by atoms with E-state index < -0.39 is 10.0 Å². The Bertz CT molecular complexity index is 1030. The van der Waals surface area contributed by atoms with Crippen molar-refractivity contribution >= 4 is 51.8 Å². The molecule has 2 amide bonds. The molecule has 9 nitrogen and oxygen atoms in total. The first-order valence-electron chi connectivity index (χ1n) is 10.5. The normalized spacial score (nSPS) is 26.3. The van der Waals surface area contributed by atoms with Gasteiger partial charge in [0, 0.05) is 19.6 Å². The molecule has 1 saturated heterocycles. The molecule has 11 heteroatoms. The molecular formula is C21H28IN5O4S. The Morgan fingerprint density at radius 2 is 1.81 bits per heavy atom. The van der Waals surface area contributed by atoms with Gasteiger partial charge in [-0.2, -0.15) is 0 Å². The highest BCUT2D eigenvalue weighted by molar-refractivity contribution is 14.0. The first-order valence-corrected chi connectivity index (χ1v) is 12.0. The van der Waals surface area contributed by atoms with Crippen LogP contribution in [0.2, 0.25) is 0 Å². The standard InChI is InChI=1S/C21H27N5O4S.HI/c1-2-23-21(25-12-13-4-3-5-16(10-13)31(22,29)30)24-8-9-26-19(27)17-14-6-7-15(11-14)18(17)20(26)28;/h3-7,10,14-15,17-18H,2,8-9,11-12H2,1H3,(H2,22,29,30)(H2,23,24,25);1H. The molecule has 174 valence electrons. The first-order chi connectivity index (χ1) is 14.8. The topological polar surface area (TPSA) is 134 Å². The lowest BCUT2D eigenvalue weighted by atomic mass is 9.85. The number of allylic oxidation sites excluding steroid dienone is 2. The number of hydrogen-bond donors (Lipinski definition) is 3. The minimum atomic E-state index is -3.77. The van der Waals surface area contributed by atoms with Gasteiger partial charge in [-0.15, -0.1) is 24.0 Å². The highest BCUT2D eigenvalue weighted by Gasteiger charge is 2.58. The van der Waals surface area contributed by atoms with E-state index in [1.807, 2.05) is 6.92 Å². The van der Waals surface area contributed by atoms with Crippen LogP contribution in [0.25, 0.3) is 0 Å². The molecule has 2 bridgehead atoms. The van der Waals surface area contributed by atoms with Gasteiger partial charge in [-0.05, 0) is 42.9 Å². The van der Waals surface area contributed by atoms with Gasteiger partial charge in [0.05, 0.1) is 23.3 Å². The molecule has 2 fully saturated rings. The zero-order valence-electron chi connectivity index (χ0n) is 17.7. The average Bonchev–Trinajstić information content (AvgIpc) is 3.41. The molecule has 1 aliphatic heterocycles. The smallest absolute Gasteiger partial charge is 0.238 e. The Labute approximate surface area is 205 Å². The number of imide groups is 1.